The molecular weight excluding hydrogens is 148 g/mol. The summed E-state index contributed by atoms with van der Waals surface area (Å²) in [5, 5.41) is 0. The highest BCUT2D eigenvalue weighted by atomic mass is 14.9. The molecule has 0 bridgehead atoms. The maximum absolute atomic E-state index is 6.34. The molecule has 3 rings (SSSR count). The van der Waals surface area contributed by atoms with Crippen LogP contribution in [0.3, 0.4) is 0 Å². The number of hydrogen-bond acceptors (Lipinski definition) is 1. The third kappa shape index (κ3) is 1.98. The van der Waals surface area contributed by atoms with Gasteiger partial charge in [0.25, 0.3) is 0 Å². The van der Waals surface area contributed by atoms with E-state index in [0.29, 0.717) is 11.6 Å². The van der Waals surface area contributed by atoms with E-state index in [1.54, 1.807) is 0 Å². The Bertz CT molecular complexity index is 204. The fraction of sp³-hybridized carbons (Fsp3) is 0.900. The standard InChI is InChI=1S/C6H11N.C4H5N/c7-6(3-4-6)5-1-2-5;1-5-4-2-3-4/h5H,1-4,7H2;4H,2-3H2. The van der Waals surface area contributed by atoms with Crippen molar-refractivity contribution in [3.05, 3.63) is 11.4 Å². The lowest BCUT2D eigenvalue weighted by Crippen LogP contribution is -2.23. The molecule has 0 spiro atoms. The molecule has 12 heavy (non-hydrogen) atoms. The van der Waals surface area contributed by atoms with E-state index in [9.17, 15) is 0 Å². The Balaban J connectivity index is 0.000000100. The van der Waals surface area contributed by atoms with Gasteiger partial charge in [0.1, 0.15) is 0 Å². The first-order chi connectivity index (χ1) is 5.74. The molecule has 2 heteroatoms. The quantitative estimate of drug-likeness (QED) is 0.590. The number of hydrogen-bond donors (Lipinski definition) is 1. The molecule has 0 saturated heterocycles. The first-order valence-corrected chi connectivity index (χ1v) is 4.90. The van der Waals surface area contributed by atoms with Gasteiger partial charge in [0.05, 0.1) is 0 Å². The minimum absolute atomic E-state index is 0.361. The van der Waals surface area contributed by atoms with Crippen molar-refractivity contribution in [2.24, 2.45) is 11.7 Å². The molecule has 2 N–H and O–H groups in total. The van der Waals surface area contributed by atoms with Crippen molar-refractivity contribution >= 4 is 0 Å². The van der Waals surface area contributed by atoms with E-state index in [4.69, 9.17) is 12.3 Å². The molecule has 0 aliphatic heterocycles. The zero-order valence-corrected chi connectivity index (χ0v) is 7.42. The predicted octanol–water partition coefficient (Wildman–Crippen LogP) is 1.96. The topological polar surface area (TPSA) is 30.4 Å². The molecule has 0 radical (unpaired) electrons. The number of rotatable bonds is 1. The largest absolute Gasteiger partial charge is 0.325 e. The second-order valence-electron chi connectivity index (χ2n) is 4.37. The van der Waals surface area contributed by atoms with Crippen LogP contribution in [-0.4, -0.2) is 11.6 Å². The van der Waals surface area contributed by atoms with Crippen LogP contribution in [0.5, 0.6) is 0 Å². The summed E-state index contributed by atoms with van der Waals surface area (Å²) in [5.74, 6) is 0.937. The summed E-state index contributed by atoms with van der Waals surface area (Å²) in [6.07, 6.45) is 7.75. The Hall–Kier alpha value is -0.550. The van der Waals surface area contributed by atoms with Crippen LogP contribution < -0.4 is 5.73 Å². The van der Waals surface area contributed by atoms with Crippen molar-refractivity contribution in [1.29, 1.82) is 0 Å². The molecule has 0 aromatic carbocycles. The van der Waals surface area contributed by atoms with Crippen LogP contribution in [0.4, 0.5) is 0 Å². The highest BCUT2D eigenvalue weighted by Crippen LogP contribution is 2.51. The van der Waals surface area contributed by atoms with Crippen LogP contribution >= 0.6 is 0 Å². The molecule has 3 saturated carbocycles. The van der Waals surface area contributed by atoms with Crippen molar-refractivity contribution in [1.82, 2.24) is 0 Å². The van der Waals surface area contributed by atoms with Crippen LogP contribution in [0, 0.1) is 12.5 Å². The van der Waals surface area contributed by atoms with E-state index < -0.39 is 0 Å². The van der Waals surface area contributed by atoms with E-state index in [2.05, 4.69) is 4.85 Å². The highest BCUT2D eigenvalue weighted by molar-refractivity contribution is 5.08. The second-order valence-corrected chi connectivity index (χ2v) is 4.37. The van der Waals surface area contributed by atoms with Gasteiger partial charge in [0.2, 0.25) is 6.04 Å². The van der Waals surface area contributed by atoms with Gasteiger partial charge in [-0.2, -0.15) is 0 Å². The highest BCUT2D eigenvalue weighted by Gasteiger charge is 2.50. The van der Waals surface area contributed by atoms with Crippen molar-refractivity contribution in [3.8, 4) is 0 Å². The summed E-state index contributed by atoms with van der Waals surface area (Å²) in [6, 6.07) is 0.426. The maximum atomic E-state index is 6.34. The second kappa shape index (κ2) is 2.74. The molecule has 0 atom stereocenters. The smallest absolute Gasteiger partial charge is 0.224 e. The first kappa shape index (κ1) is 8.07. The zero-order chi connectivity index (χ0) is 8.60. The number of nitrogens with zero attached hydrogens (tertiary/aromatic N) is 1. The van der Waals surface area contributed by atoms with Crippen molar-refractivity contribution in [3.63, 3.8) is 0 Å². The summed E-state index contributed by atoms with van der Waals surface area (Å²) in [5.41, 5.74) is 6.21. The Morgan fingerprint density at radius 2 is 1.75 bits per heavy atom. The molecule has 0 unspecified atom stereocenters. The van der Waals surface area contributed by atoms with E-state index in [1.807, 2.05) is 0 Å². The minimum atomic E-state index is 0.361. The fourth-order valence-electron chi connectivity index (χ4n) is 1.41. The van der Waals surface area contributed by atoms with Crippen LogP contribution in [-0.2, 0) is 0 Å². The van der Waals surface area contributed by atoms with Crippen LogP contribution in [0.25, 0.3) is 4.85 Å². The third-order valence-electron chi connectivity index (χ3n) is 2.95. The average molecular weight is 164 g/mol. The summed E-state index contributed by atoms with van der Waals surface area (Å²) in [7, 11) is 0. The monoisotopic (exact) mass is 164 g/mol. The van der Waals surface area contributed by atoms with Gasteiger partial charge in [0.15, 0.2) is 0 Å². The van der Waals surface area contributed by atoms with Crippen molar-refractivity contribution < 1.29 is 0 Å². The van der Waals surface area contributed by atoms with Crippen LogP contribution in [0.1, 0.15) is 38.5 Å². The summed E-state index contributed by atoms with van der Waals surface area (Å²) < 4.78 is 0. The van der Waals surface area contributed by atoms with Crippen LogP contribution in [0.2, 0.25) is 0 Å². The van der Waals surface area contributed by atoms with E-state index in [-0.39, 0.29) is 0 Å². The molecule has 66 valence electrons. The summed E-state index contributed by atoms with van der Waals surface area (Å²) in [6.45, 7) is 6.34. The Labute approximate surface area is 74.0 Å². The molecule has 3 aliphatic rings. The Kier molecular flexibility index (Phi) is 1.84. The maximum Gasteiger partial charge on any atom is 0.224 e. The molecule has 3 aliphatic carbocycles. The molecular formula is C10H16N2. The van der Waals surface area contributed by atoms with Crippen LogP contribution in [0.15, 0.2) is 0 Å². The van der Waals surface area contributed by atoms with Gasteiger partial charge in [-0.1, -0.05) is 0 Å². The Morgan fingerprint density at radius 1 is 1.17 bits per heavy atom. The third-order valence-corrected chi connectivity index (χ3v) is 2.95. The fourth-order valence-corrected chi connectivity index (χ4v) is 1.41. The minimum Gasteiger partial charge on any atom is -0.325 e. The van der Waals surface area contributed by atoms with Gasteiger partial charge in [-0.05, 0) is 31.6 Å². The molecule has 0 aromatic rings. The normalized spacial score (nSPS) is 29.7. The lowest BCUT2D eigenvalue weighted by Gasteiger charge is -2.01. The molecule has 2 nitrogen and oxygen atoms in total. The molecule has 0 aromatic heterocycles. The SMILES string of the molecule is NC1(C2CC2)CC1.[C-]#[N+]C1CC1. The van der Waals surface area contributed by atoms with Gasteiger partial charge in [-0.25, -0.2) is 6.57 Å². The van der Waals surface area contributed by atoms with Gasteiger partial charge in [-0.3, -0.25) is 0 Å². The lowest BCUT2D eigenvalue weighted by atomic mass is 10.2. The van der Waals surface area contributed by atoms with E-state index in [1.165, 1.54) is 25.7 Å². The van der Waals surface area contributed by atoms with E-state index >= 15 is 0 Å². The summed E-state index contributed by atoms with van der Waals surface area (Å²) >= 11 is 0. The molecule has 0 amide bonds. The van der Waals surface area contributed by atoms with Crippen molar-refractivity contribution in [2.45, 2.75) is 50.1 Å². The van der Waals surface area contributed by atoms with Gasteiger partial charge < -0.3 is 10.6 Å². The van der Waals surface area contributed by atoms with Gasteiger partial charge in [0, 0.05) is 18.4 Å². The van der Waals surface area contributed by atoms with Crippen molar-refractivity contribution in [2.75, 3.05) is 0 Å². The predicted molar refractivity (Wildman–Crippen MR) is 48.5 cm³/mol. The lowest BCUT2D eigenvalue weighted by molar-refractivity contribution is 0.588. The number of nitrogens with two attached hydrogens (primary N) is 1. The first-order valence-electron chi connectivity index (χ1n) is 4.90. The average Bonchev–Trinajstić information content (AvgIpc) is 2.90. The zero-order valence-electron chi connectivity index (χ0n) is 7.42. The van der Waals surface area contributed by atoms with Gasteiger partial charge >= 0.3 is 0 Å². The Morgan fingerprint density at radius 3 is 1.83 bits per heavy atom. The summed E-state index contributed by atoms with van der Waals surface area (Å²) in [4.78, 5) is 3.25. The van der Waals surface area contributed by atoms with Gasteiger partial charge in [-0.15, -0.1) is 0 Å². The molecule has 3 fully saturated rings. The molecule has 0 heterocycles. The van der Waals surface area contributed by atoms with E-state index in [0.717, 1.165) is 18.8 Å².